The van der Waals surface area contributed by atoms with Crippen LogP contribution in [0.5, 0.6) is 0 Å². The molecule has 0 unspecified atom stereocenters. The summed E-state index contributed by atoms with van der Waals surface area (Å²) in [5.41, 5.74) is 12.2. The third-order valence-electron chi connectivity index (χ3n) is 12.6. The van der Waals surface area contributed by atoms with E-state index in [2.05, 4.69) is 231 Å². The largest absolute Gasteiger partial charge is 0.0616 e. The standard InChI is InChI=1S/C60H38/c1-4-16-45-34-48(31-24-39(45)12-1)55-37-57-58(38-56(55)49-32-25-40-13-2-5-17-46(40)35-49)60(50-33-26-41-14-3-6-18-47(41)36-50)54-22-10-9-21-53(54)59(57)44-29-27-43(28-30-44)52-23-11-19-42-15-7-8-20-51(42)52/h1-38H. The second-order valence-electron chi connectivity index (χ2n) is 16.0. The monoisotopic (exact) mass is 758 g/mol. The maximum absolute atomic E-state index is 2.49. The Balaban J connectivity index is 1.19. The van der Waals surface area contributed by atoms with Gasteiger partial charge in [-0.05, 0) is 151 Å². The molecule has 278 valence electrons. The van der Waals surface area contributed by atoms with Gasteiger partial charge in [-0.15, -0.1) is 0 Å². The van der Waals surface area contributed by atoms with Crippen molar-refractivity contribution in [3.63, 3.8) is 0 Å². The van der Waals surface area contributed by atoms with Gasteiger partial charge in [0, 0.05) is 0 Å². The van der Waals surface area contributed by atoms with E-state index >= 15 is 0 Å². The van der Waals surface area contributed by atoms with Crippen LogP contribution in [0, 0.1) is 0 Å². The number of hydrogen-bond acceptors (Lipinski definition) is 0. The van der Waals surface area contributed by atoms with Crippen LogP contribution in [0.15, 0.2) is 231 Å². The van der Waals surface area contributed by atoms with E-state index in [4.69, 9.17) is 0 Å². The van der Waals surface area contributed by atoms with Crippen molar-refractivity contribution in [2.45, 2.75) is 0 Å². The molecule has 0 radical (unpaired) electrons. The number of rotatable bonds is 5. The first kappa shape index (κ1) is 34.3. The van der Waals surface area contributed by atoms with Gasteiger partial charge in [-0.1, -0.05) is 200 Å². The van der Waals surface area contributed by atoms with E-state index in [-0.39, 0.29) is 0 Å². The smallest absolute Gasteiger partial charge is 0.00259 e. The zero-order chi connectivity index (χ0) is 39.6. The molecule has 12 aromatic rings. The van der Waals surface area contributed by atoms with Crippen molar-refractivity contribution in [1.82, 2.24) is 0 Å². The first-order valence-electron chi connectivity index (χ1n) is 20.8. The molecular formula is C60H38. The van der Waals surface area contributed by atoms with Crippen LogP contribution in [0.3, 0.4) is 0 Å². The minimum atomic E-state index is 1.20. The minimum absolute atomic E-state index is 1.20. The lowest BCUT2D eigenvalue weighted by molar-refractivity contribution is 1.62. The molecule has 60 heavy (non-hydrogen) atoms. The highest BCUT2D eigenvalue weighted by Crippen LogP contribution is 2.48. The highest BCUT2D eigenvalue weighted by atomic mass is 14.2. The molecule has 0 fully saturated rings. The lowest BCUT2D eigenvalue weighted by atomic mass is 9.81. The SMILES string of the molecule is c1ccc2cc(-c3cc4c(-c5ccc(-c6cccc7ccccc67)cc5)c5ccccc5c(-c5ccc6ccccc6c5)c4cc3-c3ccc4ccccc4c3)ccc2c1. The fourth-order valence-electron chi connectivity index (χ4n) is 9.67. The Morgan fingerprint density at radius 2 is 0.533 bits per heavy atom. The molecule has 0 aliphatic rings. The molecule has 12 aromatic carbocycles. The van der Waals surface area contributed by atoms with Crippen molar-refractivity contribution in [2.75, 3.05) is 0 Å². The van der Waals surface area contributed by atoms with Crippen molar-refractivity contribution in [3.8, 4) is 55.6 Å². The van der Waals surface area contributed by atoms with E-state index < -0.39 is 0 Å². The Kier molecular flexibility index (Phi) is 7.96. The predicted molar refractivity (Wildman–Crippen MR) is 259 cm³/mol. The Morgan fingerprint density at radius 3 is 1.07 bits per heavy atom. The zero-order valence-electron chi connectivity index (χ0n) is 32.9. The first-order chi connectivity index (χ1) is 29.7. The summed E-state index contributed by atoms with van der Waals surface area (Å²) in [5.74, 6) is 0. The molecule has 0 aromatic heterocycles. The summed E-state index contributed by atoms with van der Waals surface area (Å²) < 4.78 is 0. The molecule has 0 spiro atoms. The van der Waals surface area contributed by atoms with Crippen LogP contribution in [0.25, 0.3) is 120 Å². The molecule has 0 saturated heterocycles. The Hall–Kier alpha value is -7.80. The van der Waals surface area contributed by atoms with Crippen molar-refractivity contribution in [1.29, 1.82) is 0 Å². The summed E-state index contributed by atoms with van der Waals surface area (Å²) in [7, 11) is 0. The molecule has 0 amide bonds. The van der Waals surface area contributed by atoms with Crippen molar-refractivity contribution < 1.29 is 0 Å². The number of benzene rings is 12. The second kappa shape index (κ2) is 13.9. The van der Waals surface area contributed by atoms with E-state index in [9.17, 15) is 0 Å². The Bertz CT molecular complexity index is 3640. The van der Waals surface area contributed by atoms with Crippen molar-refractivity contribution >= 4 is 64.6 Å². The number of fused-ring (bicyclic) bond motifs is 6. The third-order valence-corrected chi connectivity index (χ3v) is 12.6. The van der Waals surface area contributed by atoms with Crippen LogP contribution in [-0.2, 0) is 0 Å². The van der Waals surface area contributed by atoms with Gasteiger partial charge in [0.1, 0.15) is 0 Å². The fourth-order valence-corrected chi connectivity index (χ4v) is 9.67. The maximum Gasteiger partial charge on any atom is -0.00259 e. The molecule has 0 aliphatic heterocycles. The second-order valence-corrected chi connectivity index (χ2v) is 16.0. The predicted octanol–water partition coefficient (Wildman–Crippen LogP) is 16.9. The van der Waals surface area contributed by atoms with Crippen LogP contribution in [0.2, 0.25) is 0 Å². The molecule has 0 saturated carbocycles. The Morgan fingerprint density at radius 1 is 0.167 bits per heavy atom. The zero-order valence-corrected chi connectivity index (χ0v) is 32.9. The van der Waals surface area contributed by atoms with E-state index in [0.29, 0.717) is 0 Å². The lowest BCUT2D eigenvalue weighted by Gasteiger charge is -2.21. The van der Waals surface area contributed by atoms with Crippen molar-refractivity contribution in [3.05, 3.63) is 231 Å². The first-order valence-corrected chi connectivity index (χ1v) is 20.8. The highest BCUT2D eigenvalue weighted by molar-refractivity contribution is 6.23. The molecule has 0 heterocycles. The van der Waals surface area contributed by atoms with Gasteiger partial charge in [-0.3, -0.25) is 0 Å². The van der Waals surface area contributed by atoms with Gasteiger partial charge in [0.2, 0.25) is 0 Å². The van der Waals surface area contributed by atoms with Gasteiger partial charge in [0.15, 0.2) is 0 Å². The Labute approximate surface area is 349 Å². The molecule has 0 N–H and O–H groups in total. The number of hydrogen-bond donors (Lipinski definition) is 0. The molecule has 12 rings (SSSR count). The van der Waals surface area contributed by atoms with Gasteiger partial charge in [-0.2, -0.15) is 0 Å². The summed E-state index contributed by atoms with van der Waals surface area (Å²) in [6, 6.07) is 85.5. The van der Waals surface area contributed by atoms with Crippen LogP contribution < -0.4 is 0 Å². The topological polar surface area (TPSA) is 0 Å². The van der Waals surface area contributed by atoms with Gasteiger partial charge in [-0.25, -0.2) is 0 Å². The third kappa shape index (κ3) is 5.69. The van der Waals surface area contributed by atoms with Gasteiger partial charge in [0.05, 0.1) is 0 Å². The normalized spacial score (nSPS) is 11.7. The van der Waals surface area contributed by atoms with Crippen LogP contribution in [0.4, 0.5) is 0 Å². The average molecular weight is 759 g/mol. The lowest BCUT2D eigenvalue weighted by Crippen LogP contribution is -1.94. The van der Waals surface area contributed by atoms with Gasteiger partial charge in [0.25, 0.3) is 0 Å². The molecule has 0 nitrogen and oxygen atoms in total. The molecule has 0 aliphatic carbocycles. The quantitative estimate of drug-likeness (QED) is 0.153. The molecular weight excluding hydrogens is 721 g/mol. The average Bonchev–Trinajstić information content (AvgIpc) is 3.32. The minimum Gasteiger partial charge on any atom is -0.0616 e. The molecule has 0 atom stereocenters. The van der Waals surface area contributed by atoms with E-state index in [0.717, 1.165) is 0 Å². The highest BCUT2D eigenvalue weighted by Gasteiger charge is 2.21. The fraction of sp³-hybridized carbons (Fsp3) is 0. The van der Waals surface area contributed by atoms with E-state index in [1.165, 1.54) is 120 Å². The van der Waals surface area contributed by atoms with E-state index in [1.807, 2.05) is 0 Å². The van der Waals surface area contributed by atoms with E-state index in [1.54, 1.807) is 0 Å². The summed E-state index contributed by atoms with van der Waals surface area (Å²) in [4.78, 5) is 0. The van der Waals surface area contributed by atoms with Crippen molar-refractivity contribution in [2.24, 2.45) is 0 Å². The summed E-state index contributed by atoms with van der Waals surface area (Å²) in [6.45, 7) is 0. The summed E-state index contributed by atoms with van der Waals surface area (Å²) in [5, 5.41) is 14.9. The molecule has 0 heteroatoms. The summed E-state index contributed by atoms with van der Waals surface area (Å²) >= 11 is 0. The van der Waals surface area contributed by atoms with Crippen LogP contribution in [-0.4, -0.2) is 0 Å². The summed E-state index contributed by atoms with van der Waals surface area (Å²) in [6.07, 6.45) is 0. The van der Waals surface area contributed by atoms with Gasteiger partial charge < -0.3 is 0 Å². The maximum atomic E-state index is 2.49. The van der Waals surface area contributed by atoms with Crippen LogP contribution in [0.1, 0.15) is 0 Å². The molecule has 0 bridgehead atoms. The van der Waals surface area contributed by atoms with Crippen LogP contribution >= 0.6 is 0 Å². The van der Waals surface area contributed by atoms with Gasteiger partial charge >= 0.3 is 0 Å².